The molecule has 614 valence electrons. The zero-order valence-corrected chi connectivity index (χ0v) is 76.5. The fourth-order valence-corrected chi connectivity index (χ4v) is 24.0. The normalized spacial score (nSPS) is 14.4. The maximum atomic E-state index is 4.00. The fourth-order valence-electron chi connectivity index (χ4n) is 22.7. The molecule has 0 unspecified atom stereocenters. The number of unbranched alkanes of at least 4 members (excludes halogenated alkanes) is 20. The number of aromatic nitrogens is 1. The molecule has 0 aliphatic heterocycles. The number of para-hydroxylation sites is 1. The summed E-state index contributed by atoms with van der Waals surface area (Å²) >= 11 is 8.01. The van der Waals surface area contributed by atoms with E-state index in [1.54, 1.807) is 22.3 Å². The molecule has 0 spiro atoms. The molecule has 1 aromatic heterocycles. The van der Waals surface area contributed by atoms with E-state index in [9.17, 15) is 0 Å². The van der Waals surface area contributed by atoms with Crippen LogP contribution in [0.25, 0.3) is 139 Å². The van der Waals surface area contributed by atoms with Gasteiger partial charge in [-0.2, -0.15) is 0 Å². The summed E-state index contributed by atoms with van der Waals surface area (Å²) in [5.41, 5.74) is 41.4. The first-order valence-corrected chi connectivity index (χ1v) is 48.6. The average Bonchev–Trinajstić information content (AvgIpc) is 1.58. The van der Waals surface area contributed by atoms with Crippen molar-refractivity contribution in [2.75, 3.05) is 0 Å². The van der Waals surface area contributed by atoms with E-state index in [1.165, 1.54) is 324 Å². The lowest BCUT2D eigenvalue weighted by molar-refractivity contribution is 0.398. The SMILES string of the molecule is CCCCCCCCC1(CCCCCCCC)c2ccccc2-c2ccc(-c3ccc4c(c3)C(C)(C)c3cc(-c5ccc(-c6ccc7c(c6)c6cc(-c8ccc(-c9ccc%10c(c9)C(C)(C)c9cc(-c%11ccc%12c(c%11)C(CCCCCCCC)(CCCCCCCC)c%11ccccc%11-%12)ccc9-%10)cc8)ccc6n7-c6c(Br)cccc6Br)cc5)ccc3-4)cc21. The Labute approximate surface area is 740 Å². The van der Waals surface area contributed by atoms with Crippen molar-refractivity contribution in [3.05, 3.63) is 314 Å². The molecule has 4 aliphatic carbocycles. The Morgan fingerprint density at radius 2 is 0.446 bits per heavy atom. The molecule has 0 saturated heterocycles. The second kappa shape index (κ2) is 35.5. The Balaban J connectivity index is 0.601. The van der Waals surface area contributed by atoms with Crippen LogP contribution in [0.4, 0.5) is 0 Å². The van der Waals surface area contributed by atoms with E-state index in [1.807, 2.05) is 0 Å². The zero-order chi connectivity index (χ0) is 83.0. The van der Waals surface area contributed by atoms with Gasteiger partial charge in [-0.1, -0.05) is 398 Å². The highest BCUT2D eigenvalue weighted by atomic mass is 79.9. The zero-order valence-electron chi connectivity index (χ0n) is 73.3. The molecule has 0 fully saturated rings. The molecule has 0 N–H and O–H groups in total. The van der Waals surface area contributed by atoms with Crippen molar-refractivity contribution in [2.45, 2.75) is 257 Å². The molecule has 13 aromatic carbocycles. The number of hydrogen-bond donors (Lipinski definition) is 0. The van der Waals surface area contributed by atoms with Crippen molar-refractivity contribution in [3.63, 3.8) is 0 Å². The van der Waals surface area contributed by atoms with Crippen molar-refractivity contribution in [1.82, 2.24) is 4.57 Å². The van der Waals surface area contributed by atoms with Crippen LogP contribution in [0.5, 0.6) is 0 Å². The van der Waals surface area contributed by atoms with E-state index in [-0.39, 0.29) is 21.7 Å². The first-order chi connectivity index (χ1) is 59.2. The van der Waals surface area contributed by atoms with E-state index >= 15 is 0 Å². The monoisotopic (exact) mass is 1710 g/mol. The first kappa shape index (κ1) is 82.6. The molecular weight excluding hydrogens is 1590 g/mol. The van der Waals surface area contributed by atoms with Gasteiger partial charge in [0.25, 0.3) is 0 Å². The summed E-state index contributed by atoms with van der Waals surface area (Å²) in [6, 6.07) is 103. The summed E-state index contributed by atoms with van der Waals surface area (Å²) < 4.78 is 4.50. The minimum Gasteiger partial charge on any atom is -0.307 e. The predicted octanol–water partition coefficient (Wildman–Crippen LogP) is 36.5. The van der Waals surface area contributed by atoms with Crippen LogP contribution >= 0.6 is 31.9 Å². The minimum absolute atomic E-state index is 0.0505. The number of nitrogens with zero attached hydrogens (tertiary/aromatic N) is 1. The quantitative estimate of drug-likeness (QED) is 0.0349. The number of hydrogen-bond acceptors (Lipinski definition) is 0. The Hall–Kier alpha value is -9.38. The van der Waals surface area contributed by atoms with Gasteiger partial charge in [0.1, 0.15) is 0 Å². The molecule has 3 heteroatoms. The average molecular weight is 1720 g/mol. The van der Waals surface area contributed by atoms with E-state index in [2.05, 4.69) is 353 Å². The largest absolute Gasteiger partial charge is 0.307 e. The van der Waals surface area contributed by atoms with Gasteiger partial charge in [-0.25, -0.2) is 0 Å². The molecule has 18 rings (SSSR count). The summed E-state index contributed by atoms with van der Waals surface area (Å²) in [6.07, 6.45) is 36.7. The smallest absolute Gasteiger partial charge is 0.0746 e. The van der Waals surface area contributed by atoms with Gasteiger partial charge in [0.2, 0.25) is 0 Å². The van der Waals surface area contributed by atoms with Gasteiger partial charge in [0.15, 0.2) is 0 Å². The minimum atomic E-state index is -0.179. The number of fused-ring (bicyclic) bond motifs is 15. The lowest BCUT2D eigenvalue weighted by Gasteiger charge is -2.33. The van der Waals surface area contributed by atoms with Crippen molar-refractivity contribution < 1.29 is 0 Å². The number of rotatable bonds is 35. The second-order valence-corrected chi connectivity index (χ2v) is 39.4. The third-order valence-corrected chi connectivity index (χ3v) is 30.7. The van der Waals surface area contributed by atoms with Crippen LogP contribution in [0, 0.1) is 0 Å². The number of benzene rings is 13. The summed E-state index contributed by atoms with van der Waals surface area (Å²) in [4.78, 5) is 0. The van der Waals surface area contributed by atoms with Crippen molar-refractivity contribution in [1.29, 1.82) is 0 Å². The molecule has 14 aromatic rings. The van der Waals surface area contributed by atoms with Crippen LogP contribution in [0.2, 0.25) is 0 Å². The Bertz CT molecular complexity index is 5730. The van der Waals surface area contributed by atoms with E-state index < -0.39 is 0 Å². The van der Waals surface area contributed by atoms with Gasteiger partial charge in [0.05, 0.1) is 16.7 Å². The summed E-state index contributed by atoms with van der Waals surface area (Å²) in [7, 11) is 0. The maximum absolute atomic E-state index is 4.00. The van der Waals surface area contributed by atoms with Gasteiger partial charge < -0.3 is 4.57 Å². The predicted molar refractivity (Wildman–Crippen MR) is 528 cm³/mol. The molecule has 0 radical (unpaired) electrons. The van der Waals surface area contributed by atoms with Crippen LogP contribution in [0.1, 0.15) is 280 Å². The van der Waals surface area contributed by atoms with Crippen LogP contribution in [0.3, 0.4) is 0 Å². The van der Waals surface area contributed by atoms with Gasteiger partial charge in [0, 0.05) is 41.4 Å². The molecule has 4 aliphatic rings. The van der Waals surface area contributed by atoms with Crippen LogP contribution in [-0.2, 0) is 21.7 Å². The number of halogens is 2. The van der Waals surface area contributed by atoms with E-state index in [0.717, 1.165) is 25.7 Å². The third kappa shape index (κ3) is 15.5. The third-order valence-electron chi connectivity index (χ3n) is 29.4. The molecule has 0 amide bonds. The molecule has 1 heterocycles. The molecular formula is C118H123Br2N. The van der Waals surface area contributed by atoms with Crippen LogP contribution in [0.15, 0.2) is 270 Å². The first-order valence-electron chi connectivity index (χ1n) is 47.0. The topological polar surface area (TPSA) is 4.93 Å². The molecule has 0 saturated carbocycles. The lowest BCUT2D eigenvalue weighted by Crippen LogP contribution is -2.25. The van der Waals surface area contributed by atoms with Gasteiger partial charge in [-0.3, -0.25) is 0 Å². The van der Waals surface area contributed by atoms with Crippen LogP contribution in [-0.4, -0.2) is 4.57 Å². The summed E-state index contributed by atoms with van der Waals surface area (Å²) in [5, 5.41) is 2.43. The van der Waals surface area contributed by atoms with E-state index in [0.29, 0.717) is 0 Å². The van der Waals surface area contributed by atoms with Gasteiger partial charge >= 0.3 is 0 Å². The molecule has 0 atom stereocenters. The maximum Gasteiger partial charge on any atom is 0.0746 e. The highest BCUT2D eigenvalue weighted by Crippen LogP contribution is 2.59. The van der Waals surface area contributed by atoms with E-state index in [4.69, 9.17) is 0 Å². The van der Waals surface area contributed by atoms with Crippen molar-refractivity contribution in [3.8, 4) is 117 Å². The standard InChI is InChI=1S/C118H123Br2N/c1-9-13-17-21-25-33-68-117(69-34-26-22-18-14-10-2)102-40-31-29-38-92(102)98-64-56-90(78-108(98)117)88-54-62-96-94-60-52-86(74-104(94)115(5,6)106(96)76-88)82-48-44-80(45-49-82)84-58-66-112-100(72-84)101-73-85(59-67-113(101)121(112)114-110(119)42-37-43-111(114)120)81-46-50-83(51-47-81)87-53-61-95-97-63-55-89(77-107(97)116(7,8)105(95)75-87)91-57-65-99-93-39-30-32-41-103(93)118(109(99)79-91,70-35-27-23-19-15-11-3)71-36-28-24-20-16-12-4/h29-32,37-67,72-79H,9-28,33-36,68-71H2,1-8H3. The Kier molecular flexibility index (Phi) is 24.2. The lowest BCUT2D eigenvalue weighted by atomic mass is 9.70. The summed E-state index contributed by atoms with van der Waals surface area (Å²) in [6.45, 7) is 19.1. The summed E-state index contributed by atoms with van der Waals surface area (Å²) in [5.74, 6) is 0. The van der Waals surface area contributed by atoms with Gasteiger partial charge in [-0.15, -0.1) is 0 Å². The van der Waals surface area contributed by atoms with Crippen molar-refractivity contribution >= 4 is 53.7 Å². The highest BCUT2D eigenvalue weighted by Gasteiger charge is 2.45. The molecule has 121 heavy (non-hydrogen) atoms. The second-order valence-electron chi connectivity index (χ2n) is 37.7. The van der Waals surface area contributed by atoms with Crippen molar-refractivity contribution in [2.24, 2.45) is 0 Å². The van der Waals surface area contributed by atoms with Gasteiger partial charge in [-0.05, 0) is 286 Å². The van der Waals surface area contributed by atoms with Crippen LogP contribution < -0.4 is 0 Å². The Morgan fingerprint density at radius 1 is 0.215 bits per heavy atom. The molecule has 1 nitrogen and oxygen atoms in total. The fraction of sp³-hybridized carbons (Fsp3) is 0.339. The Morgan fingerprint density at radius 3 is 0.752 bits per heavy atom. The molecule has 0 bridgehead atoms. The highest BCUT2D eigenvalue weighted by molar-refractivity contribution is 9.11.